The van der Waals surface area contributed by atoms with Crippen LogP contribution in [0.4, 0.5) is 0 Å². The molecule has 0 amide bonds. The smallest absolute Gasteiger partial charge is 0.123 e. The van der Waals surface area contributed by atoms with Crippen LogP contribution in [0.1, 0.15) is 42.6 Å². The van der Waals surface area contributed by atoms with E-state index in [-0.39, 0.29) is 6.04 Å². The van der Waals surface area contributed by atoms with Crippen molar-refractivity contribution in [2.24, 2.45) is 0 Å². The second-order valence-electron chi connectivity index (χ2n) is 5.27. The molecular formula is C18H23NO. The summed E-state index contributed by atoms with van der Waals surface area (Å²) in [6, 6.07) is 17.3. The zero-order valence-corrected chi connectivity index (χ0v) is 12.7. The summed E-state index contributed by atoms with van der Waals surface area (Å²) in [5.74, 6) is 0.934. The third-order valence-corrected chi connectivity index (χ3v) is 3.65. The SMILES string of the molecule is COc1ccccc1[C@@H](C)NC(C)c1cccc(C)c1. The van der Waals surface area contributed by atoms with Crippen molar-refractivity contribution in [3.05, 3.63) is 65.2 Å². The van der Waals surface area contributed by atoms with Crippen LogP contribution in [0.25, 0.3) is 0 Å². The van der Waals surface area contributed by atoms with Crippen molar-refractivity contribution in [1.29, 1.82) is 0 Å². The molecule has 0 saturated heterocycles. The average Bonchev–Trinajstić information content (AvgIpc) is 2.47. The van der Waals surface area contributed by atoms with E-state index in [1.807, 2.05) is 18.2 Å². The molecule has 106 valence electrons. The van der Waals surface area contributed by atoms with E-state index in [0.29, 0.717) is 6.04 Å². The van der Waals surface area contributed by atoms with Gasteiger partial charge in [0.05, 0.1) is 7.11 Å². The molecule has 0 heterocycles. The molecule has 0 bridgehead atoms. The first-order valence-electron chi connectivity index (χ1n) is 7.07. The summed E-state index contributed by atoms with van der Waals surface area (Å²) in [7, 11) is 1.72. The second kappa shape index (κ2) is 6.58. The minimum Gasteiger partial charge on any atom is -0.496 e. The van der Waals surface area contributed by atoms with Crippen LogP contribution in [0, 0.1) is 6.92 Å². The Hall–Kier alpha value is -1.80. The van der Waals surface area contributed by atoms with Gasteiger partial charge in [-0.15, -0.1) is 0 Å². The van der Waals surface area contributed by atoms with E-state index in [1.54, 1.807) is 7.11 Å². The van der Waals surface area contributed by atoms with Crippen LogP contribution in [0.2, 0.25) is 0 Å². The molecule has 0 spiro atoms. The van der Waals surface area contributed by atoms with Crippen molar-refractivity contribution < 1.29 is 4.74 Å². The van der Waals surface area contributed by atoms with Crippen molar-refractivity contribution in [3.63, 3.8) is 0 Å². The summed E-state index contributed by atoms with van der Waals surface area (Å²) in [5.41, 5.74) is 3.79. The number of rotatable bonds is 5. The average molecular weight is 269 g/mol. The minimum atomic E-state index is 0.238. The number of benzene rings is 2. The molecule has 0 radical (unpaired) electrons. The fraction of sp³-hybridized carbons (Fsp3) is 0.333. The molecule has 2 aromatic carbocycles. The van der Waals surface area contributed by atoms with Gasteiger partial charge in [0.1, 0.15) is 5.75 Å². The topological polar surface area (TPSA) is 21.3 Å². The van der Waals surface area contributed by atoms with Gasteiger partial charge in [-0.1, -0.05) is 48.0 Å². The molecule has 2 nitrogen and oxygen atoms in total. The van der Waals surface area contributed by atoms with Gasteiger partial charge < -0.3 is 10.1 Å². The van der Waals surface area contributed by atoms with Gasteiger partial charge in [0.25, 0.3) is 0 Å². The lowest BCUT2D eigenvalue weighted by atomic mass is 10.0. The van der Waals surface area contributed by atoms with E-state index in [0.717, 1.165) is 5.75 Å². The summed E-state index contributed by atoms with van der Waals surface area (Å²) in [5, 5.41) is 3.63. The molecule has 0 aliphatic rings. The molecule has 20 heavy (non-hydrogen) atoms. The molecule has 1 N–H and O–H groups in total. The van der Waals surface area contributed by atoms with Crippen molar-refractivity contribution in [2.45, 2.75) is 32.9 Å². The second-order valence-corrected chi connectivity index (χ2v) is 5.27. The molecule has 0 saturated carbocycles. The highest BCUT2D eigenvalue weighted by atomic mass is 16.5. The van der Waals surface area contributed by atoms with Crippen LogP contribution in [0.15, 0.2) is 48.5 Å². The molecular weight excluding hydrogens is 246 g/mol. The predicted octanol–water partition coefficient (Wildman–Crippen LogP) is 4.42. The number of nitrogens with one attached hydrogen (secondary N) is 1. The van der Waals surface area contributed by atoms with Crippen LogP contribution in [-0.2, 0) is 0 Å². The van der Waals surface area contributed by atoms with Crippen molar-refractivity contribution in [3.8, 4) is 5.75 Å². The van der Waals surface area contributed by atoms with Crippen molar-refractivity contribution in [1.82, 2.24) is 5.32 Å². The number of para-hydroxylation sites is 1. The first kappa shape index (κ1) is 14.6. The minimum absolute atomic E-state index is 0.238. The van der Waals surface area contributed by atoms with Gasteiger partial charge in [0.15, 0.2) is 0 Å². The summed E-state index contributed by atoms with van der Waals surface area (Å²) in [6.45, 7) is 6.49. The van der Waals surface area contributed by atoms with E-state index in [9.17, 15) is 0 Å². The Bertz CT molecular complexity index is 565. The highest BCUT2D eigenvalue weighted by Gasteiger charge is 2.14. The monoisotopic (exact) mass is 269 g/mol. The lowest BCUT2D eigenvalue weighted by molar-refractivity contribution is 0.396. The van der Waals surface area contributed by atoms with E-state index in [1.165, 1.54) is 16.7 Å². The van der Waals surface area contributed by atoms with Gasteiger partial charge in [0.2, 0.25) is 0 Å². The zero-order chi connectivity index (χ0) is 14.5. The van der Waals surface area contributed by atoms with Gasteiger partial charge in [0, 0.05) is 17.6 Å². The van der Waals surface area contributed by atoms with Crippen molar-refractivity contribution in [2.75, 3.05) is 7.11 Å². The molecule has 0 aliphatic heterocycles. The normalized spacial score (nSPS) is 13.8. The van der Waals surface area contributed by atoms with Crippen LogP contribution in [0.3, 0.4) is 0 Å². The number of methoxy groups -OCH3 is 1. The molecule has 0 aromatic heterocycles. The summed E-state index contributed by atoms with van der Waals surface area (Å²) < 4.78 is 5.43. The highest BCUT2D eigenvalue weighted by molar-refractivity contribution is 5.36. The maximum Gasteiger partial charge on any atom is 0.123 e. The Morgan fingerprint density at radius 1 is 0.950 bits per heavy atom. The van der Waals surface area contributed by atoms with Gasteiger partial charge >= 0.3 is 0 Å². The van der Waals surface area contributed by atoms with Gasteiger partial charge in [-0.2, -0.15) is 0 Å². The van der Waals surface area contributed by atoms with Crippen LogP contribution in [-0.4, -0.2) is 7.11 Å². The largest absolute Gasteiger partial charge is 0.496 e. The summed E-state index contributed by atoms with van der Waals surface area (Å²) >= 11 is 0. The first-order valence-corrected chi connectivity index (χ1v) is 7.07. The van der Waals surface area contributed by atoms with E-state index in [2.05, 4.69) is 56.4 Å². The molecule has 2 heteroatoms. The number of aryl methyl sites for hydroxylation is 1. The Balaban J connectivity index is 2.13. The third-order valence-electron chi connectivity index (χ3n) is 3.65. The summed E-state index contributed by atoms with van der Waals surface area (Å²) in [6.07, 6.45) is 0. The van der Waals surface area contributed by atoms with Gasteiger partial charge in [-0.05, 0) is 32.4 Å². The fourth-order valence-electron chi connectivity index (χ4n) is 2.52. The lowest BCUT2D eigenvalue weighted by Crippen LogP contribution is -2.22. The van der Waals surface area contributed by atoms with Crippen LogP contribution < -0.4 is 10.1 Å². The molecule has 2 atom stereocenters. The number of ether oxygens (including phenoxy) is 1. The van der Waals surface area contributed by atoms with Crippen LogP contribution in [0.5, 0.6) is 5.75 Å². The first-order chi connectivity index (χ1) is 9.61. The zero-order valence-electron chi connectivity index (χ0n) is 12.7. The fourth-order valence-corrected chi connectivity index (χ4v) is 2.52. The lowest BCUT2D eigenvalue weighted by Gasteiger charge is -2.22. The molecule has 2 rings (SSSR count). The Kier molecular flexibility index (Phi) is 4.80. The van der Waals surface area contributed by atoms with E-state index >= 15 is 0 Å². The Morgan fingerprint density at radius 2 is 1.70 bits per heavy atom. The van der Waals surface area contributed by atoms with Crippen molar-refractivity contribution >= 4 is 0 Å². The molecule has 0 fully saturated rings. The highest BCUT2D eigenvalue weighted by Crippen LogP contribution is 2.26. The predicted molar refractivity (Wildman–Crippen MR) is 84.1 cm³/mol. The third kappa shape index (κ3) is 3.40. The maximum atomic E-state index is 5.43. The van der Waals surface area contributed by atoms with Gasteiger partial charge in [-0.3, -0.25) is 0 Å². The summed E-state index contributed by atoms with van der Waals surface area (Å²) in [4.78, 5) is 0. The maximum absolute atomic E-state index is 5.43. The quantitative estimate of drug-likeness (QED) is 0.867. The Morgan fingerprint density at radius 3 is 2.40 bits per heavy atom. The Labute approximate surface area is 121 Å². The van der Waals surface area contributed by atoms with E-state index in [4.69, 9.17) is 4.74 Å². The standard InChI is InChI=1S/C18H23NO/c1-13-8-7-9-16(12-13)14(2)19-15(3)17-10-5-6-11-18(17)20-4/h5-12,14-15,19H,1-4H3/t14?,15-/m1/s1. The van der Waals surface area contributed by atoms with Crippen LogP contribution >= 0.6 is 0 Å². The van der Waals surface area contributed by atoms with Gasteiger partial charge in [-0.25, -0.2) is 0 Å². The number of hydrogen-bond donors (Lipinski definition) is 1. The number of hydrogen-bond acceptors (Lipinski definition) is 2. The van der Waals surface area contributed by atoms with E-state index < -0.39 is 0 Å². The molecule has 0 aliphatic carbocycles. The molecule has 2 aromatic rings. The molecule has 1 unspecified atom stereocenters.